The Morgan fingerprint density at radius 2 is 1.92 bits per heavy atom. The van der Waals surface area contributed by atoms with Gasteiger partial charge in [0.1, 0.15) is 11.6 Å². The van der Waals surface area contributed by atoms with Gasteiger partial charge in [-0.05, 0) is 56.2 Å². The number of carbonyl (C=O) groups is 1. The van der Waals surface area contributed by atoms with E-state index in [1.54, 1.807) is 10.9 Å². The van der Waals surface area contributed by atoms with Crippen LogP contribution in [0, 0.1) is 20.8 Å². The fraction of sp³-hybridized carbons (Fsp3) is 0.263. The number of aryl methyl sites for hydroxylation is 4. The SMILES string of the molecule is Cc1cc(C)cc(-n2nc(C)cc2NC(=O)CCc2ccco2)c1. The second-order valence-electron chi connectivity index (χ2n) is 6.06. The van der Waals surface area contributed by atoms with Gasteiger partial charge in [0.15, 0.2) is 0 Å². The van der Waals surface area contributed by atoms with Crippen LogP contribution in [0.25, 0.3) is 5.69 Å². The summed E-state index contributed by atoms with van der Waals surface area (Å²) in [6, 6.07) is 11.8. The number of furan rings is 1. The van der Waals surface area contributed by atoms with Crippen molar-refractivity contribution >= 4 is 11.7 Å². The molecule has 5 heteroatoms. The number of aromatic nitrogens is 2. The molecular formula is C19H21N3O2. The molecular weight excluding hydrogens is 302 g/mol. The first-order valence-corrected chi connectivity index (χ1v) is 7.99. The normalized spacial score (nSPS) is 10.8. The molecule has 0 aliphatic heterocycles. The van der Waals surface area contributed by atoms with Crippen molar-refractivity contribution < 1.29 is 9.21 Å². The van der Waals surface area contributed by atoms with Crippen LogP contribution in [-0.4, -0.2) is 15.7 Å². The van der Waals surface area contributed by atoms with E-state index < -0.39 is 0 Å². The lowest BCUT2D eigenvalue weighted by Crippen LogP contribution is -2.15. The monoisotopic (exact) mass is 323 g/mol. The van der Waals surface area contributed by atoms with E-state index in [0.717, 1.165) is 28.3 Å². The van der Waals surface area contributed by atoms with E-state index in [9.17, 15) is 4.79 Å². The molecule has 0 aliphatic rings. The number of nitrogens with one attached hydrogen (secondary N) is 1. The Morgan fingerprint density at radius 1 is 1.17 bits per heavy atom. The van der Waals surface area contributed by atoms with Crippen molar-refractivity contribution in [2.24, 2.45) is 0 Å². The molecule has 0 saturated carbocycles. The molecule has 0 saturated heterocycles. The standard InChI is InChI=1S/C19H21N3O2/c1-13-9-14(2)11-16(10-13)22-18(12-15(3)21-22)20-19(23)7-6-17-5-4-8-24-17/h4-5,8-12H,6-7H2,1-3H3,(H,20,23). The number of nitrogens with zero attached hydrogens (tertiary/aromatic N) is 2. The number of carbonyl (C=O) groups excluding carboxylic acids is 1. The maximum atomic E-state index is 12.2. The summed E-state index contributed by atoms with van der Waals surface area (Å²) < 4.78 is 7.04. The predicted molar refractivity (Wildman–Crippen MR) is 93.4 cm³/mol. The largest absolute Gasteiger partial charge is 0.469 e. The Hall–Kier alpha value is -2.82. The third kappa shape index (κ3) is 3.74. The Labute approximate surface area is 141 Å². The highest BCUT2D eigenvalue weighted by Gasteiger charge is 2.12. The molecule has 2 aromatic heterocycles. The highest BCUT2D eigenvalue weighted by molar-refractivity contribution is 5.90. The third-order valence-corrected chi connectivity index (χ3v) is 3.73. The van der Waals surface area contributed by atoms with Gasteiger partial charge in [0.05, 0.1) is 17.6 Å². The van der Waals surface area contributed by atoms with Gasteiger partial charge >= 0.3 is 0 Å². The van der Waals surface area contributed by atoms with Crippen LogP contribution in [0.1, 0.15) is 29.0 Å². The quantitative estimate of drug-likeness (QED) is 0.773. The van der Waals surface area contributed by atoms with Crippen molar-refractivity contribution in [2.75, 3.05) is 5.32 Å². The molecule has 3 aromatic rings. The zero-order chi connectivity index (χ0) is 17.1. The van der Waals surface area contributed by atoms with Crippen LogP contribution in [0.4, 0.5) is 5.82 Å². The number of rotatable bonds is 5. The van der Waals surface area contributed by atoms with Crippen LogP contribution in [0.3, 0.4) is 0 Å². The minimum absolute atomic E-state index is 0.0584. The first kappa shape index (κ1) is 16.1. The van der Waals surface area contributed by atoms with Crippen molar-refractivity contribution in [3.05, 3.63) is 65.2 Å². The second kappa shape index (κ2) is 6.74. The zero-order valence-electron chi connectivity index (χ0n) is 14.2. The molecule has 0 fully saturated rings. The van der Waals surface area contributed by atoms with E-state index in [4.69, 9.17) is 4.42 Å². The number of anilines is 1. The lowest BCUT2D eigenvalue weighted by molar-refractivity contribution is -0.116. The second-order valence-corrected chi connectivity index (χ2v) is 6.06. The molecule has 0 atom stereocenters. The maximum Gasteiger partial charge on any atom is 0.225 e. The summed E-state index contributed by atoms with van der Waals surface area (Å²) in [5.74, 6) is 1.43. The molecule has 2 heterocycles. The van der Waals surface area contributed by atoms with E-state index in [1.807, 2.05) is 25.1 Å². The number of hydrogen-bond acceptors (Lipinski definition) is 3. The van der Waals surface area contributed by atoms with Crippen molar-refractivity contribution in [3.63, 3.8) is 0 Å². The Morgan fingerprint density at radius 3 is 2.58 bits per heavy atom. The first-order chi connectivity index (χ1) is 11.5. The average Bonchev–Trinajstić information content (AvgIpc) is 3.14. The Balaban J connectivity index is 1.77. The molecule has 0 aliphatic carbocycles. The molecule has 3 rings (SSSR count). The molecule has 0 bridgehead atoms. The van der Waals surface area contributed by atoms with Gasteiger partial charge in [0, 0.05) is 18.9 Å². The van der Waals surface area contributed by atoms with Gasteiger partial charge in [0.2, 0.25) is 5.91 Å². The van der Waals surface area contributed by atoms with Crippen molar-refractivity contribution in [1.29, 1.82) is 0 Å². The van der Waals surface area contributed by atoms with Crippen molar-refractivity contribution in [2.45, 2.75) is 33.6 Å². The lowest BCUT2D eigenvalue weighted by Gasteiger charge is -2.10. The fourth-order valence-corrected chi connectivity index (χ4v) is 2.76. The number of benzene rings is 1. The summed E-state index contributed by atoms with van der Waals surface area (Å²) in [4.78, 5) is 12.2. The highest BCUT2D eigenvalue weighted by atomic mass is 16.3. The van der Waals surface area contributed by atoms with E-state index in [-0.39, 0.29) is 5.91 Å². The molecule has 124 valence electrons. The minimum atomic E-state index is -0.0584. The molecule has 5 nitrogen and oxygen atoms in total. The van der Waals surface area contributed by atoms with Gasteiger partial charge in [-0.25, -0.2) is 4.68 Å². The number of amides is 1. The van der Waals surface area contributed by atoms with Gasteiger partial charge < -0.3 is 9.73 Å². The predicted octanol–water partition coefficient (Wildman–Crippen LogP) is 3.96. The van der Waals surface area contributed by atoms with Crippen LogP contribution < -0.4 is 5.32 Å². The number of hydrogen-bond donors (Lipinski definition) is 1. The van der Waals surface area contributed by atoms with Gasteiger partial charge in [-0.2, -0.15) is 5.10 Å². The Kier molecular flexibility index (Phi) is 4.51. The highest BCUT2D eigenvalue weighted by Crippen LogP contribution is 2.20. The van der Waals surface area contributed by atoms with Crippen LogP contribution in [-0.2, 0) is 11.2 Å². The lowest BCUT2D eigenvalue weighted by atomic mass is 10.1. The summed E-state index contributed by atoms with van der Waals surface area (Å²) in [5.41, 5.74) is 4.12. The van der Waals surface area contributed by atoms with Gasteiger partial charge in [-0.15, -0.1) is 0 Å². The Bertz CT molecular complexity index is 827. The smallest absolute Gasteiger partial charge is 0.225 e. The van der Waals surface area contributed by atoms with Crippen LogP contribution in [0.2, 0.25) is 0 Å². The summed E-state index contributed by atoms with van der Waals surface area (Å²) in [6.07, 6.45) is 2.56. The minimum Gasteiger partial charge on any atom is -0.469 e. The fourth-order valence-electron chi connectivity index (χ4n) is 2.76. The molecule has 1 amide bonds. The van der Waals surface area contributed by atoms with Crippen molar-refractivity contribution in [3.8, 4) is 5.69 Å². The van der Waals surface area contributed by atoms with Crippen LogP contribution >= 0.6 is 0 Å². The molecule has 1 N–H and O–H groups in total. The van der Waals surface area contributed by atoms with E-state index >= 15 is 0 Å². The van der Waals surface area contributed by atoms with E-state index in [1.165, 1.54) is 0 Å². The van der Waals surface area contributed by atoms with E-state index in [2.05, 4.69) is 42.5 Å². The summed E-state index contributed by atoms with van der Waals surface area (Å²) in [7, 11) is 0. The summed E-state index contributed by atoms with van der Waals surface area (Å²) in [6.45, 7) is 6.01. The third-order valence-electron chi connectivity index (χ3n) is 3.73. The molecule has 0 radical (unpaired) electrons. The maximum absolute atomic E-state index is 12.2. The van der Waals surface area contributed by atoms with Gasteiger partial charge in [-0.1, -0.05) is 6.07 Å². The molecule has 0 spiro atoms. The van der Waals surface area contributed by atoms with Crippen LogP contribution in [0.15, 0.2) is 47.1 Å². The molecule has 1 aromatic carbocycles. The van der Waals surface area contributed by atoms with Crippen LogP contribution in [0.5, 0.6) is 0 Å². The zero-order valence-corrected chi connectivity index (χ0v) is 14.2. The van der Waals surface area contributed by atoms with E-state index in [0.29, 0.717) is 18.7 Å². The molecule has 0 unspecified atom stereocenters. The summed E-state index contributed by atoms with van der Waals surface area (Å²) in [5, 5.41) is 7.46. The van der Waals surface area contributed by atoms with Gasteiger partial charge in [0.25, 0.3) is 0 Å². The van der Waals surface area contributed by atoms with Crippen molar-refractivity contribution in [1.82, 2.24) is 9.78 Å². The summed E-state index contributed by atoms with van der Waals surface area (Å²) >= 11 is 0. The first-order valence-electron chi connectivity index (χ1n) is 7.99. The topological polar surface area (TPSA) is 60.1 Å². The molecule has 24 heavy (non-hydrogen) atoms. The van der Waals surface area contributed by atoms with Gasteiger partial charge in [-0.3, -0.25) is 4.79 Å². The average molecular weight is 323 g/mol.